The fraction of sp³-hybridized carbons (Fsp3) is 0.583. The first-order valence-corrected chi connectivity index (χ1v) is 5.17. The van der Waals surface area contributed by atoms with Crippen LogP contribution in [0.4, 0.5) is 0 Å². The molecule has 0 amide bonds. The fourth-order valence-electron chi connectivity index (χ4n) is 1.77. The van der Waals surface area contributed by atoms with E-state index in [9.17, 15) is 4.79 Å². The second kappa shape index (κ2) is 4.99. The Bertz CT molecular complexity index is 335. The average Bonchev–Trinajstić information content (AvgIpc) is 2.18. The van der Waals surface area contributed by atoms with Gasteiger partial charge in [0.1, 0.15) is 0 Å². The molecule has 0 saturated carbocycles. The minimum absolute atomic E-state index is 0.107. The monoisotopic (exact) mass is 207 g/mol. The van der Waals surface area contributed by atoms with Crippen LogP contribution < -0.4 is 5.73 Å². The summed E-state index contributed by atoms with van der Waals surface area (Å²) in [6, 6.07) is 0. The van der Waals surface area contributed by atoms with E-state index in [-0.39, 0.29) is 17.8 Å². The number of carboxylic acid groups (broad SMARTS) is 1. The van der Waals surface area contributed by atoms with Crippen molar-refractivity contribution in [1.29, 1.82) is 0 Å². The Hall–Kier alpha value is -1.27. The molecule has 0 aromatic rings. The van der Waals surface area contributed by atoms with Crippen molar-refractivity contribution in [3.63, 3.8) is 0 Å². The van der Waals surface area contributed by atoms with Crippen molar-refractivity contribution in [3.8, 4) is 11.8 Å². The molecule has 0 aromatic heterocycles. The van der Waals surface area contributed by atoms with Gasteiger partial charge in [-0.15, -0.1) is 0 Å². The molecule has 82 valence electrons. The summed E-state index contributed by atoms with van der Waals surface area (Å²) in [5.74, 6) is 5.27. The van der Waals surface area contributed by atoms with Crippen LogP contribution in [0.15, 0.2) is 11.6 Å². The van der Waals surface area contributed by atoms with Crippen molar-refractivity contribution in [2.45, 2.75) is 20.3 Å². The lowest BCUT2D eigenvalue weighted by Crippen LogP contribution is -2.26. The van der Waals surface area contributed by atoms with Gasteiger partial charge in [-0.2, -0.15) is 0 Å². The summed E-state index contributed by atoms with van der Waals surface area (Å²) in [6.07, 6.45) is 2.66. The molecular formula is C12H17NO2. The predicted octanol–water partition coefficient (Wildman–Crippen LogP) is 1.25. The Morgan fingerprint density at radius 3 is 2.93 bits per heavy atom. The molecule has 0 heterocycles. The van der Waals surface area contributed by atoms with Gasteiger partial charge in [0, 0.05) is 12.5 Å². The molecular weight excluding hydrogens is 190 g/mol. The minimum Gasteiger partial charge on any atom is -0.481 e. The maximum Gasteiger partial charge on any atom is 0.306 e. The topological polar surface area (TPSA) is 63.3 Å². The van der Waals surface area contributed by atoms with Gasteiger partial charge in [-0.3, -0.25) is 4.79 Å². The maximum absolute atomic E-state index is 10.8. The summed E-state index contributed by atoms with van der Waals surface area (Å²) in [5.41, 5.74) is 6.63. The highest BCUT2D eigenvalue weighted by Gasteiger charge is 2.23. The number of rotatable bonds is 4. The van der Waals surface area contributed by atoms with E-state index < -0.39 is 5.97 Å². The Labute approximate surface area is 90.4 Å². The van der Waals surface area contributed by atoms with Crippen molar-refractivity contribution in [3.05, 3.63) is 11.6 Å². The normalized spacial score (nSPS) is 26.2. The van der Waals surface area contributed by atoms with Gasteiger partial charge in [0.2, 0.25) is 0 Å². The molecule has 0 aromatic carbocycles. The van der Waals surface area contributed by atoms with Gasteiger partial charge in [0.25, 0.3) is 0 Å². The highest BCUT2D eigenvalue weighted by Crippen LogP contribution is 2.25. The SMILES string of the molecule is CC1=CC(C[C@H](C)C(=O)O)C(CN)C#C1. The van der Waals surface area contributed by atoms with Crippen LogP contribution in [0, 0.1) is 29.6 Å². The molecule has 15 heavy (non-hydrogen) atoms. The summed E-state index contributed by atoms with van der Waals surface area (Å²) in [7, 11) is 0. The van der Waals surface area contributed by atoms with Crippen molar-refractivity contribution in [2.24, 2.45) is 23.5 Å². The van der Waals surface area contributed by atoms with Crippen molar-refractivity contribution in [1.82, 2.24) is 0 Å². The van der Waals surface area contributed by atoms with E-state index in [2.05, 4.69) is 11.8 Å². The Morgan fingerprint density at radius 2 is 2.40 bits per heavy atom. The first-order valence-electron chi connectivity index (χ1n) is 5.17. The van der Waals surface area contributed by atoms with E-state index in [0.29, 0.717) is 13.0 Å². The summed E-state index contributed by atoms with van der Waals surface area (Å²) < 4.78 is 0. The average molecular weight is 207 g/mol. The lowest BCUT2D eigenvalue weighted by Gasteiger charge is -2.23. The van der Waals surface area contributed by atoms with E-state index in [1.165, 1.54) is 0 Å². The van der Waals surface area contributed by atoms with E-state index in [4.69, 9.17) is 10.8 Å². The van der Waals surface area contributed by atoms with Gasteiger partial charge >= 0.3 is 5.97 Å². The van der Waals surface area contributed by atoms with Gasteiger partial charge in [-0.25, -0.2) is 0 Å². The molecule has 0 radical (unpaired) electrons. The van der Waals surface area contributed by atoms with E-state index in [0.717, 1.165) is 5.57 Å². The number of hydrogen-bond acceptors (Lipinski definition) is 2. The maximum atomic E-state index is 10.8. The number of carboxylic acids is 1. The lowest BCUT2D eigenvalue weighted by molar-refractivity contribution is -0.141. The van der Waals surface area contributed by atoms with Crippen LogP contribution in [0.5, 0.6) is 0 Å². The molecule has 0 saturated heterocycles. The quantitative estimate of drug-likeness (QED) is 0.682. The summed E-state index contributed by atoms with van der Waals surface area (Å²) >= 11 is 0. The van der Waals surface area contributed by atoms with Crippen LogP contribution in [0.3, 0.4) is 0 Å². The van der Waals surface area contributed by atoms with Gasteiger partial charge in [0.15, 0.2) is 0 Å². The van der Waals surface area contributed by atoms with E-state index in [1.54, 1.807) is 6.92 Å². The van der Waals surface area contributed by atoms with Gasteiger partial charge < -0.3 is 10.8 Å². The fourth-order valence-corrected chi connectivity index (χ4v) is 1.77. The molecule has 3 nitrogen and oxygen atoms in total. The molecule has 1 aliphatic carbocycles. The summed E-state index contributed by atoms with van der Waals surface area (Å²) in [4.78, 5) is 10.8. The van der Waals surface area contributed by atoms with Gasteiger partial charge in [-0.1, -0.05) is 24.8 Å². The standard InChI is InChI=1S/C12H17NO2/c1-8-3-4-10(7-13)11(5-8)6-9(2)12(14)15/h5,9-11H,6-7,13H2,1-2H3,(H,14,15)/t9-,10?,11?/m0/s1. The molecule has 3 atom stereocenters. The predicted molar refractivity (Wildman–Crippen MR) is 59.0 cm³/mol. The summed E-state index contributed by atoms with van der Waals surface area (Å²) in [5, 5.41) is 8.85. The zero-order chi connectivity index (χ0) is 11.4. The number of carbonyl (C=O) groups is 1. The highest BCUT2D eigenvalue weighted by molar-refractivity contribution is 5.69. The number of hydrogen-bond donors (Lipinski definition) is 2. The third kappa shape index (κ3) is 3.10. The third-order valence-corrected chi connectivity index (χ3v) is 2.74. The molecule has 0 bridgehead atoms. The molecule has 1 rings (SSSR count). The van der Waals surface area contributed by atoms with Crippen LogP contribution in [-0.2, 0) is 4.79 Å². The summed E-state index contributed by atoms with van der Waals surface area (Å²) in [6.45, 7) is 4.16. The van der Waals surface area contributed by atoms with Crippen LogP contribution in [0.25, 0.3) is 0 Å². The molecule has 3 heteroatoms. The largest absolute Gasteiger partial charge is 0.481 e. The second-order valence-corrected chi connectivity index (χ2v) is 4.10. The van der Waals surface area contributed by atoms with Crippen molar-refractivity contribution in [2.75, 3.05) is 6.54 Å². The molecule has 0 fully saturated rings. The molecule has 2 unspecified atom stereocenters. The zero-order valence-corrected chi connectivity index (χ0v) is 9.16. The highest BCUT2D eigenvalue weighted by atomic mass is 16.4. The first kappa shape index (κ1) is 11.8. The Balaban J connectivity index is 2.69. The number of allylic oxidation sites excluding steroid dienone is 2. The van der Waals surface area contributed by atoms with Crippen LogP contribution >= 0.6 is 0 Å². The van der Waals surface area contributed by atoms with Gasteiger partial charge in [-0.05, 0) is 24.8 Å². The van der Waals surface area contributed by atoms with Gasteiger partial charge in [0.05, 0.1) is 5.92 Å². The smallest absolute Gasteiger partial charge is 0.306 e. The van der Waals surface area contributed by atoms with Crippen LogP contribution in [0.1, 0.15) is 20.3 Å². The van der Waals surface area contributed by atoms with Crippen LogP contribution in [-0.4, -0.2) is 17.6 Å². The Kier molecular flexibility index (Phi) is 3.93. The van der Waals surface area contributed by atoms with E-state index in [1.807, 2.05) is 13.0 Å². The van der Waals surface area contributed by atoms with E-state index >= 15 is 0 Å². The van der Waals surface area contributed by atoms with Crippen molar-refractivity contribution < 1.29 is 9.90 Å². The molecule has 3 N–H and O–H groups in total. The zero-order valence-electron chi connectivity index (χ0n) is 9.16. The molecule has 0 aliphatic heterocycles. The number of aliphatic carboxylic acids is 1. The lowest BCUT2D eigenvalue weighted by atomic mass is 9.82. The molecule has 1 aliphatic rings. The third-order valence-electron chi connectivity index (χ3n) is 2.74. The molecule has 0 spiro atoms. The first-order chi connectivity index (χ1) is 7.04. The van der Waals surface area contributed by atoms with Crippen molar-refractivity contribution >= 4 is 5.97 Å². The minimum atomic E-state index is -0.754. The van der Waals surface area contributed by atoms with Crippen LogP contribution in [0.2, 0.25) is 0 Å². The second-order valence-electron chi connectivity index (χ2n) is 4.10. The Morgan fingerprint density at radius 1 is 1.73 bits per heavy atom. The number of nitrogens with two attached hydrogens (primary N) is 1.